The molecule has 0 saturated carbocycles. The van der Waals surface area contributed by atoms with Crippen LogP contribution in [0.2, 0.25) is 0 Å². The quantitative estimate of drug-likeness (QED) is 0.633. The van der Waals surface area contributed by atoms with E-state index in [-0.39, 0.29) is 0 Å². The molecule has 2 aliphatic carbocycles. The molecule has 0 aromatic heterocycles. The summed E-state index contributed by atoms with van der Waals surface area (Å²) in [7, 11) is 0. The SMILES string of the molecule is CC1=C(C2C=CC=CC2S)CC(C)C=C1. The summed E-state index contributed by atoms with van der Waals surface area (Å²) in [5.41, 5.74) is 2.99. The Morgan fingerprint density at radius 3 is 2.67 bits per heavy atom. The summed E-state index contributed by atoms with van der Waals surface area (Å²) in [6.07, 6.45) is 14.4. The standard InChI is InChI=1S/C14H18S/c1-10-7-8-11(2)13(9-10)12-5-3-4-6-14(12)15/h3-8,10,12,14-15H,9H2,1-2H3. The summed E-state index contributed by atoms with van der Waals surface area (Å²) < 4.78 is 0. The number of hydrogen-bond donors (Lipinski definition) is 1. The topological polar surface area (TPSA) is 0 Å². The molecule has 3 atom stereocenters. The lowest BCUT2D eigenvalue weighted by Crippen LogP contribution is -2.19. The van der Waals surface area contributed by atoms with Crippen LogP contribution < -0.4 is 0 Å². The minimum Gasteiger partial charge on any atom is -0.171 e. The Morgan fingerprint density at radius 2 is 1.93 bits per heavy atom. The Hall–Kier alpha value is -0.690. The second-order valence-electron chi connectivity index (χ2n) is 4.53. The van der Waals surface area contributed by atoms with Gasteiger partial charge in [0.2, 0.25) is 0 Å². The van der Waals surface area contributed by atoms with Gasteiger partial charge in [-0.25, -0.2) is 0 Å². The predicted octanol–water partition coefficient (Wildman–Crippen LogP) is 3.94. The van der Waals surface area contributed by atoms with Crippen molar-refractivity contribution in [2.45, 2.75) is 25.5 Å². The predicted molar refractivity (Wildman–Crippen MR) is 70.2 cm³/mol. The molecule has 1 heteroatoms. The Bertz CT molecular complexity index is 358. The van der Waals surface area contributed by atoms with Crippen molar-refractivity contribution in [2.24, 2.45) is 11.8 Å². The van der Waals surface area contributed by atoms with Gasteiger partial charge in [0.15, 0.2) is 0 Å². The second-order valence-corrected chi connectivity index (χ2v) is 5.13. The molecule has 0 saturated heterocycles. The fourth-order valence-electron chi connectivity index (χ4n) is 2.31. The molecule has 0 heterocycles. The molecule has 0 N–H and O–H groups in total. The van der Waals surface area contributed by atoms with Crippen LogP contribution in [0.25, 0.3) is 0 Å². The molecule has 0 aliphatic heterocycles. The maximum Gasteiger partial charge on any atom is 0.0300 e. The van der Waals surface area contributed by atoms with Crippen molar-refractivity contribution < 1.29 is 0 Å². The summed E-state index contributed by atoms with van der Waals surface area (Å²) in [4.78, 5) is 0. The van der Waals surface area contributed by atoms with E-state index in [1.54, 1.807) is 5.57 Å². The third kappa shape index (κ3) is 2.28. The molecule has 0 spiro atoms. The van der Waals surface area contributed by atoms with Crippen molar-refractivity contribution in [1.82, 2.24) is 0 Å². The van der Waals surface area contributed by atoms with E-state index in [0.717, 1.165) is 0 Å². The van der Waals surface area contributed by atoms with Crippen LogP contribution in [0, 0.1) is 11.8 Å². The number of rotatable bonds is 1. The minimum atomic E-state index is 0.346. The lowest BCUT2D eigenvalue weighted by molar-refractivity contribution is 0.625. The summed E-state index contributed by atoms with van der Waals surface area (Å²) >= 11 is 4.64. The van der Waals surface area contributed by atoms with Crippen molar-refractivity contribution in [3.8, 4) is 0 Å². The van der Waals surface area contributed by atoms with Crippen LogP contribution in [0.3, 0.4) is 0 Å². The highest BCUT2D eigenvalue weighted by Crippen LogP contribution is 2.34. The molecule has 0 bridgehead atoms. The molecule has 15 heavy (non-hydrogen) atoms. The number of hydrogen-bond acceptors (Lipinski definition) is 1. The molecule has 2 rings (SSSR count). The molecule has 0 aromatic carbocycles. The van der Waals surface area contributed by atoms with Gasteiger partial charge in [-0.1, -0.05) is 54.5 Å². The van der Waals surface area contributed by atoms with Gasteiger partial charge in [-0.2, -0.15) is 12.6 Å². The first-order valence-electron chi connectivity index (χ1n) is 5.59. The summed E-state index contributed by atoms with van der Waals surface area (Å²) in [6.45, 7) is 4.49. The maximum atomic E-state index is 4.64. The van der Waals surface area contributed by atoms with Crippen molar-refractivity contribution in [3.63, 3.8) is 0 Å². The van der Waals surface area contributed by atoms with E-state index in [9.17, 15) is 0 Å². The molecule has 3 unspecified atom stereocenters. The van der Waals surface area contributed by atoms with Crippen LogP contribution in [0.5, 0.6) is 0 Å². The van der Waals surface area contributed by atoms with E-state index in [2.05, 4.69) is 62.9 Å². The van der Waals surface area contributed by atoms with E-state index in [4.69, 9.17) is 0 Å². The highest BCUT2D eigenvalue weighted by atomic mass is 32.1. The fraction of sp³-hybridized carbons (Fsp3) is 0.429. The molecular weight excluding hydrogens is 200 g/mol. The molecule has 0 amide bonds. The smallest absolute Gasteiger partial charge is 0.0300 e. The molecular formula is C14H18S. The lowest BCUT2D eigenvalue weighted by atomic mass is 9.81. The van der Waals surface area contributed by atoms with E-state index in [1.165, 1.54) is 12.0 Å². The van der Waals surface area contributed by atoms with Crippen LogP contribution in [0.4, 0.5) is 0 Å². The molecule has 0 nitrogen and oxygen atoms in total. The molecule has 2 aliphatic rings. The Kier molecular flexibility index (Phi) is 3.20. The van der Waals surface area contributed by atoms with Gasteiger partial charge >= 0.3 is 0 Å². The maximum absolute atomic E-state index is 4.64. The first-order valence-corrected chi connectivity index (χ1v) is 6.11. The van der Waals surface area contributed by atoms with Crippen LogP contribution in [-0.2, 0) is 0 Å². The highest BCUT2D eigenvalue weighted by Gasteiger charge is 2.23. The van der Waals surface area contributed by atoms with Crippen LogP contribution in [-0.4, -0.2) is 5.25 Å². The minimum absolute atomic E-state index is 0.346. The van der Waals surface area contributed by atoms with Crippen molar-refractivity contribution in [1.29, 1.82) is 0 Å². The Morgan fingerprint density at radius 1 is 1.20 bits per heavy atom. The van der Waals surface area contributed by atoms with Gasteiger partial charge in [-0.15, -0.1) is 0 Å². The van der Waals surface area contributed by atoms with Crippen LogP contribution in [0.1, 0.15) is 20.3 Å². The van der Waals surface area contributed by atoms with Crippen LogP contribution >= 0.6 is 12.6 Å². The van der Waals surface area contributed by atoms with Crippen molar-refractivity contribution in [3.05, 3.63) is 47.6 Å². The molecule has 80 valence electrons. The van der Waals surface area contributed by atoms with Gasteiger partial charge in [-0.3, -0.25) is 0 Å². The van der Waals surface area contributed by atoms with E-state index in [1.807, 2.05) is 0 Å². The zero-order valence-corrected chi connectivity index (χ0v) is 10.2. The first-order chi connectivity index (χ1) is 7.18. The lowest BCUT2D eigenvalue weighted by Gasteiger charge is -2.28. The number of allylic oxidation sites excluding steroid dienone is 7. The molecule has 0 fully saturated rings. The summed E-state index contributed by atoms with van der Waals surface area (Å²) in [6, 6.07) is 0. The number of thiol groups is 1. The van der Waals surface area contributed by atoms with E-state index >= 15 is 0 Å². The van der Waals surface area contributed by atoms with E-state index in [0.29, 0.717) is 17.1 Å². The monoisotopic (exact) mass is 218 g/mol. The van der Waals surface area contributed by atoms with Gasteiger partial charge < -0.3 is 0 Å². The van der Waals surface area contributed by atoms with Gasteiger partial charge in [0, 0.05) is 11.2 Å². The van der Waals surface area contributed by atoms with Gasteiger partial charge in [-0.05, 0) is 19.3 Å². The zero-order chi connectivity index (χ0) is 10.8. The van der Waals surface area contributed by atoms with Gasteiger partial charge in [0.05, 0.1) is 0 Å². The molecule has 0 radical (unpaired) electrons. The third-order valence-electron chi connectivity index (χ3n) is 3.23. The second kappa shape index (κ2) is 4.44. The largest absolute Gasteiger partial charge is 0.171 e. The fourth-order valence-corrected chi connectivity index (χ4v) is 2.69. The van der Waals surface area contributed by atoms with Crippen LogP contribution in [0.15, 0.2) is 47.6 Å². The average molecular weight is 218 g/mol. The first kappa shape index (κ1) is 10.8. The van der Waals surface area contributed by atoms with Gasteiger partial charge in [0.25, 0.3) is 0 Å². The Labute approximate surface area is 97.9 Å². The average Bonchev–Trinajstić information content (AvgIpc) is 2.23. The Balaban J connectivity index is 2.26. The zero-order valence-electron chi connectivity index (χ0n) is 9.35. The van der Waals surface area contributed by atoms with Crippen molar-refractivity contribution >= 4 is 12.6 Å². The van der Waals surface area contributed by atoms with Gasteiger partial charge in [0.1, 0.15) is 0 Å². The van der Waals surface area contributed by atoms with Crippen molar-refractivity contribution in [2.75, 3.05) is 0 Å². The normalized spacial score (nSPS) is 35.0. The molecule has 0 aromatic rings. The van der Waals surface area contributed by atoms with E-state index < -0.39 is 0 Å². The highest BCUT2D eigenvalue weighted by molar-refractivity contribution is 7.81. The summed E-state index contributed by atoms with van der Waals surface area (Å²) in [5.74, 6) is 1.16. The summed E-state index contributed by atoms with van der Waals surface area (Å²) in [5, 5.41) is 0.346. The third-order valence-corrected chi connectivity index (χ3v) is 3.72.